The Hall–Kier alpha value is -3.25. The van der Waals surface area contributed by atoms with Crippen LogP contribution in [0.5, 0.6) is 0 Å². The van der Waals surface area contributed by atoms with Gasteiger partial charge in [0.15, 0.2) is 0 Å². The molecule has 0 aliphatic rings. The average Bonchev–Trinajstić information content (AvgIpc) is 3.26. The second kappa shape index (κ2) is 10.4. The zero-order valence-corrected chi connectivity index (χ0v) is 19.5. The summed E-state index contributed by atoms with van der Waals surface area (Å²) in [5, 5.41) is 3.30. The van der Waals surface area contributed by atoms with E-state index in [2.05, 4.69) is 5.32 Å². The Bertz CT molecular complexity index is 1080. The molecule has 168 valence electrons. The maximum atomic E-state index is 12.9. The van der Waals surface area contributed by atoms with Crippen molar-refractivity contribution in [3.63, 3.8) is 0 Å². The van der Waals surface area contributed by atoms with Crippen LogP contribution < -0.4 is 10.2 Å². The topological polar surface area (TPSA) is 65.8 Å². The van der Waals surface area contributed by atoms with Gasteiger partial charge in [0, 0.05) is 37.9 Å². The van der Waals surface area contributed by atoms with E-state index in [1.54, 1.807) is 35.4 Å². The van der Waals surface area contributed by atoms with Gasteiger partial charge in [0.25, 0.3) is 5.91 Å². The first-order valence-corrected chi connectivity index (χ1v) is 10.8. The van der Waals surface area contributed by atoms with Gasteiger partial charge in [-0.1, -0.05) is 37.6 Å². The van der Waals surface area contributed by atoms with Crippen molar-refractivity contribution in [2.45, 2.75) is 26.9 Å². The maximum absolute atomic E-state index is 12.9. The van der Waals surface area contributed by atoms with E-state index >= 15 is 0 Å². The van der Waals surface area contributed by atoms with Crippen LogP contribution in [-0.4, -0.2) is 30.8 Å². The minimum Gasteiger partial charge on any atom is -0.467 e. The molecule has 2 aromatic carbocycles. The highest BCUT2D eigenvalue weighted by Gasteiger charge is 2.21. The highest BCUT2D eigenvalue weighted by molar-refractivity contribution is 6.34. The molecule has 0 saturated carbocycles. The molecular formula is C25H28ClN3O3. The molecule has 3 aromatic rings. The fourth-order valence-corrected chi connectivity index (χ4v) is 3.66. The van der Waals surface area contributed by atoms with E-state index in [0.29, 0.717) is 35.1 Å². The summed E-state index contributed by atoms with van der Waals surface area (Å²) in [4.78, 5) is 29.4. The highest BCUT2D eigenvalue weighted by atomic mass is 35.5. The normalized spacial score (nSPS) is 10.8. The van der Waals surface area contributed by atoms with Gasteiger partial charge in [-0.2, -0.15) is 0 Å². The van der Waals surface area contributed by atoms with Gasteiger partial charge < -0.3 is 19.5 Å². The van der Waals surface area contributed by atoms with Crippen LogP contribution >= 0.6 is 11.6 Å². The quantitative estimate of drug-likeness (QED) is 0.493. The maximum Gasteiger partial charge on any atom is 0.257 e. The van der Waals surface area contributed by atoms with Gasteiger partial charge in [0.1, 0.15) is 5.76 Å². The molecular weight excluding hydrogens is 426 g/mol. The molecule has 7 heteroatoms. The number of rotatable bonds is 8. The molecule has 0 atom stereocenters. The standard InChI is InChI=1S/C25H28ClN3O3/c1-17(2)25(31)29(16-20-8-7-13-32-20)15-18-14-19(11-12-23(18)28(3)4)27-24(30)21-9-5-6-10-22(21)26/h5-14,17H,15-16H2,1-4H3,(H,27,30). The van der Waals surface area contributed by atoms with Crippen molar-refractivity contribution < 1.29 is 14.0 Å². The number of hydrogen-bond acceptors (Lipinski definition) is 4. The van der Waals surface area contributed by atoms with Gasteiger partial charge >= 0.3 is 0 Å². The first kappa shape index (κ1) is 23.4. The second-order valence-corrected chi connectivity index (χ2v) is 8.51. The van der Waals surface area contributed by atoms with Crippen LogP contribution in [0.15, 0.2) is 65.3 Å². The fraction of sp³-hybridized carbons (Fsp3) is 0.280. The Morgan fingerprint density at radius 2 is 1.78 bits per heavy atom. The number of hydrogen-bond donors (Lipinski definition) is 1. The highest BCUT2D eigenvalue weighted by Crippen LogP contribution is 2.27. The number of carbonyl (C=O) groups is 2. The molecule has 0 radical (unpaired) electrons. The van der Waals surface area contributed by atoms with Crippen molar-refractivity contribution in [3.05, 3.63) is 82.8 Å². The lowest BCUT2D eigenvalue weighted by Gasteiger charge is -2.27. The van der Waals surface area contributed by atoms with Gasteiger partial charge in [-0.05, 0) is 48.0 Å². The van der Waals surface area contributed by atoms with Crippen LogP contribution in [0.1, 0.15) is 35.5 Å². The summed E-state index contributed by atoms with van der Waals surface area (Å²) in [7, 11) is 3.89. The third kappa shape index (κ3) is 5.71. The molecule has 0 spiro atoms. The number of anilines is 2. The average molecular weight is 454 g/mol. The van der Waals surface area contributed by atoms with Crippen molar-refractivity contribution in [3.8, 4) is 0 Å². The molecule has 1 N–H and O–H groups in total. The van der Waals surface area contributed by atoms with Gasteiger partial charge in [0.2, 0.25) is 5.91 Å². The first-order valence-electron chi connectivity index (χ1n) is 10.4. The van der Waals surface area contributed by atoms with Gasteiger partial charge in [-0.15, -0.1) is 0 Å². The summed E-state index contributed by atoms with van der Waals surface area (Å²) in [6.45, 7) is 4.50. The van der Waals surface area contributed by atoms with Crippen LogP contribution in [0.2, 0.25) is 5.02 Å². The van der Waals surface area contributed by atoms with E-state index in [-0.39, 0.29) is 17.7 Å². The zero-order valence-electron chi connectivity index (χ0n) is 18.8. The first-order chi connectivity index (χ1) is 15.3. The molecule has 0 aliphatic carbocycles. The van der Waals surface area contributed by atoms with Crippen LogP contribution in [0.25, 0.3) is 0 Å². The second-order valence-electron chi connectivity index (χ2n) is 8.10. The molecule has 0 saturated heterocycles. The third-order valence-corrected chi connectivity index (χ3v) is 5.36. The lowest BCUT2D eigenvalue weighted by atomic mass is 10.1. The molecule has 0 fully saturated rings. The SMILES string of the molecule is CC(C)C(=O)N(Cc1ccco1)Cc1cc(NC(=O)c2ccccc2Cl)ccc1N(C)C. The molecule has 6 nitrogen and oxygen atoms in total. The number of carbonyl (C=O) groups excluding carboxylic acids is 2. The van der Waals surface area contributed by atoms with Crippen molar-refractivity contribution >= 4 is 34.8 Å². The van der Waals surface area contributed by atoms with Gasteiger partial charge in [-0.3, -0.25) is 9.59 Å². The monoisotopic (exact) mass is 453 g/mol. The summed E-state index contributed by atoms with van der Waals surface area (Å²) in [5.41, 5.74) is 2.90. The summed E-state index contributed by atoms with van der Waals surface area (Å²) in [6, 6.07) is 16.2. The largest absolute Gasteiger partial charge is 0.467 e. The van der Waals surface area contributed by atoms with E-state index in [9.17, 15) is 9.59 Å². The van der Waals surface area contributed by atoms with Crippen LogP contribution in [-0.2, 0) is 17.9 Å². The predicted molar refractivity (Wildman–Crippen MR) is 128 cm³/mol. The van der Waals surface area contributed by atoms with Crippen molar-refractivity contribution in [1.82, 2.24) is 4.90 Å². The Morgan fingerprint density at radius 3 is 2.41 bits per heavy atom. The number of furan rings is 1. The van der Waals surface area contributed by atoms with E-state index < -0.39 is 0 Å². The van der Waals surface area contributed by atoms with E-state index in [0.717, 1.165) is 11.3 Å². The van der Waals surface area contributed by atoms with E-state index in [1.807, 2.05) is 63.2 Å². The Balaban J connectivity index is 1.89. The van der Waals surface area contributed by atoms with Gasteiger partial charge in [0.05, 0.1) is 23.4 Å². The van der Waals surface area contributed by atoms with E-state index in [1.165, 1.54) is 0 Å². The van der Waals surface area contributed by atoms with Crippen LogP contribution in [0.3, 0.4) is 0 Å². The lowest BCUT2D eigenvalue weighted by molar-refractivity contribution is -0.136. The number of nitrogens with zero attached hydrogens (tertiary/aromatic N) is 2. The minimum atomic E-state index is -0.287. The zero-order chi connectivity index (χ0) is 23.3. The molecule has 3 rings (SSSR count). The lowest BCUT2D eigenvalue weighted by Crippen LogP contribution is -2.33. The smallest absolute Gasteiger partial charge is 0.257 e. The Morgan fingerprint density at radius 1 is 1.03 bits per heavy atom. The van der Waals surface area contributed by atoms with Crippen molar-refractivity contribution in [2.75, 3.05) is 24.3 Å². The van der Waals surface area contributed by atoms with Crippen molar-refractivity contribution in [2.24, 2.45) is 5.92 Å². The molecule has 1 aromatic heterocycles. The number of halogens is 1. The fourth-order valence-electron chi connectivity index (χ4n) is 3.44. The Labute approximate surface area is 193 Å². The molecule has 32 heavy (non-hydrogen) atoms. The van der Waals surface area contributed by atoms with Crippen LogP contribution in [0.4, 0.5) is 11.4 Å². The number of nitrogens with one attached hydrogen (secondary N) is 1. The van der Waals surface area contributed by atoms with Gasteiger partial charge in [-0.25, -0.2) is 0 Å². The summed E-state index contributed by atoms with van der Waals surface area (Å²) in [6.07, 6.45) is 1.60. The van der Waals surface area contributed by atoms with E-state index in [4.69, 9.17) is 16.0 Å². The van der Waals surface area contributed by atoms with Crippen LogP contribution in [0, 0.1) is 5.92 Å². The predicted octanol–water partition coefficient (Wildman–Crippen LogP) is 5.44. The minimum absolute atomic E-state index is 0.0246. The van der Waals surface area contributed by atoms with Crippen molar-refractivity contribution in [1.29, 1.82) is 0 Å². The summed E-state index contributed by atoms with van der Waals surface area (Å²) >= 11 is 6.16. The Kier molecular flexibility index (Phi) is 7.59. The molecule has 0 unspecified atom stereocenters. The molecule has 2 amide bonds. The molecule has 1 heterocycles. The number of amides is 2. The molecule has 0 aliphatic heterocycles. The summed E-state index contributed by atoms with van der Waals surface area (Å²) < 4.78 is 5.47. The number of benzene rings is 2. The third-order valence-electron chi connectivity index (χ3n) is 5.03. The summed E-state index contributed by atoms with van der Waals surface area (Å²) in [5.74, 6) is 0.297. The molecule has 0 bridgehead atoms.